The fourth-order valence-electron chi connectivity index (χ4n) is 3.87. The normalized spacial score (nSPS) is 24.6. The largest absolute Gasteiger partial charge is 0.377 e. The Kier molecular flexibility index (Phi) is 4.90. The lowest BCUT2D eigenvalue weighted by Gasteiger charge is -2.47. The van der Waals surface area contributed by atoms with E-state index in [0.717, 1.165) is 19.3 Å². The number of nitrogens with zero attached hydrogens (tertiary/aromatic N) is 1. The van der Waals surface area contributed by atoms with Gasteiger partial charge in [-0.1, -0.05) is 43.2 Å². The summed E-state index contributed by atoms with van der Waals surface area (Å²) in [6.45, 7) is 5.39. The SMILES string of the molecule is CC1(C)COCC(Cc2ccccc2)N1C(=O)NC1CCCC1. The molecule has 4 nitrogen and oxygen atoms in total. The van der Waals surface area contributed by atoms with Crippen molar-refractivity contribution in [1.82, 2.24) is 10.2 Å². The van der Waals surface area contributed by atoms with Gasteiger partial charge in [0.15, 0.2) is 0 Å². The van der Waals surface area contributed by atoms with E-state index in [1.807, 2.05) is 23.1 Å². The maximum Gasteiger partial charge on any atom is 0.318 e. The summed E-state index contributed by atoms with van der Waals surface area (Å²) in [6, 6.07) is 10.9. The number of hydrogen-bond donors (Lipinski definition) is 1. The quantitative estimate of drug-likeness (QED) is 0.929. The van der Waals surface area contributed by atoms with E-state index in [-0.39, 0.29) is 17.6 Å². The Morgan fingerprint density at radius 2 is 1.96 bits per heavy atom. The van der Waals surface area contributed by atoms with E-state index >= 15 is 0 Å². The Balaban J connectivity index is 1.74. The highest BCUT2D eigenvalue weighted by molar-refractivity contribution is 5.76. The number of nitrogens with one attached hydrogen (secondary N) is 1. The first-order valence-corrected chi connectivity index (χ1v) is 8.78. The Hall–Kier alpha value is -1.55. The van der Waals surface area contributed by atoms with Crippen LogP contribution in [0.4, 0.5) is 4.79 Å². The lowest BCUT2D eigenvalue weighted by atomic mass is 9.95. The van der Waals surface area contributed by atoms with Gasteiger partial charge in [-0.2, -0.15) is 0 Å². The maximum absolute atomic E-state index is 12.9. The molecule has 2 fully saturated rings. The van der Waals surface area contributed by atoms with Crippen molar-refractivity contribution >= 4 is 6.03 Å². The molecule has 1 aromatic rings. The first-order valence-electron chi connectivity index (χ1n) is 8.78. The van der Waals surface area contributed by atoms with Gasteiger partial charge in [-0.3, -0.25) is 0 Å². The number of morpholine rings is 1. The van der Waals surface area contributed by atoms with Crippen LogP contribution in [0.1, 0.15) is 45.1 Å². The second kappa shape index (κ2) is 6.91. The third-order valence-electron chi connectivity index (χ3n) is 5.00. The Bertz CT molecular complexity index is 523. The van der Waals surface area contributed by atoms with Crippen LogP contribution in [0.3, 0.4) is 0 Å². The minimum atomic E-state index is -0.277. The zero-order chi connectivity index (χ0) is 16.3. The van der Waals surface area contributed by atoms with Crippen molar-refractivity contribution in [3.05, 3.63) is 35.9 Å². The molecule has 2 aliphatic rings. The highest BCUT2D eigenvalue weighted by Crippen LogP contribution is 2.27. The molecule has 1 atom stereocenters. The monoisotopic (exact) mass is 316 g/mol. The summed E-state index contributed by atoms with van der Waals surface area (Å²) in [6.07, 6.45) is 5.51. The van der Waals surface area contributed by atoms with Gasteiger partial charge in [0.05, 0.1) is 24.8 Å². The van der Waals surface area contributed by atoms with Crippen LogP contribution in [0.25, 0.3) is 0 Å². The standard InChI is InChI=1S/C19H28N2O2/c1-19(2)14-23-13-17(12-15-8-4-3-5-9-15)21(19)18(22)20-16-10-6-7-11-16/h3-5,8-9,16-17H,6-7,10-14H2,1-2H3,(H,20,22). The number of carbonyl (C=O) groups excluding carboxylic acids is 1. The van der Waals surface area contributed by atoms with E-state index in [4.69, 9.17) is 4.74 Å². The zero-order valence-corrected chi connectivity index (χ0v) is 14.3. The summed E-state index contributed by atoms with van der Waals surface area (Å²) in [7, 11) is 0. The molecule has 1 aliphatic heterocycles. The molecule has 0 spiro atoms. The van der Waals surface area contributed by atoms with Crippen LogP contribution in [0.5, 0.6) is 0 Å². The van der Waals surface area contributed by atoms with Crippen molar-refractivity contribution < 1.29 is 9.53 Å². The van der Waals surface area contributed by atoms with E-state index < -0.39 is 0 Å². The number of urea groups is 1. The Morgan fingerprint density at radius 3 is 2.65 bits per heavy atom. The average Bonchev–Trinajstić information content (AvgIpc) is 3.00. The lowest BCUT2D eigenvalue weighted by molar-refractivity contribution is -0.0642. The van der Waals surface area contributed by atoms with Crippen molar-refractivity contribution in [2.24, 2.45) is 0 Å². The third-order valence-corrected chi connectivity index (χ3v) is 5.00. The fraction of sp³-hybridized carbons (Fsp3) is 0.632. The third kappa shape index (κ3) is 3.86. The van der Waals surface area contributed by atoms with Gasteiger partial charge in [-0.05, 0) is 38.7 Å². The van der Waals surface area contributed by atoms with Gasteiger partial charge in [0, 0.05) is 6.04 Å². The molecule has 3 rings (SSSR count). The topological polar surface area (TPSA) is 41.6 Å². The van der Waals surface area contributed by atoms with Gasteiger partial charge in [0.2, 0.25) is 0 Å². The molecule has 0 radical (unpaired) electrons. The molecule has 1 aliphatic carbocycles. The summed E-state index contributed by atoms with van der Waals surface area (Å²) in [4.78, 5) is 15.0. The minimum Gasteiger partial charge on any atom is -0.377 e. The number of ether oxygens (including phenoxy) is 1. The first kappa shape index (κ1) is 16.3. The van der Waals surface area contributed by atoms with Crippen molar-refractivity contribution in [2.75, 3.05) is 13.2 Å². The molecule has 23 heavy (non-hydrogen) atoms. The molecule has 1 saturated heterocycles. The summed E-state index contributed by atoms with van der Waals surface area (Å²) < 4.78 is 5.80. The number of hydrogen-bond acceptors (Lipinski definition) is 2. The van der Waals surface area contributed by atoms with E-state index in [0.29, 0.717) is 19.3 Å². The number of amides is 2. The molecule has 2 amide bonds. The van der Waals surface area contributed by atoms with Crippen molar-refractivity contribution in [3.8, 4) is 0 Å². The lowest BCUT2D eigenvalue weighted by Crippen LogP contribution is -2.64. The molecular formula is C19H28N2O2. The van der Waals surface area contributed by atoms with E-state index in [1.165, 1.54) is 18.4 Å². The number of benzene rings is 1. The molecule has 0 bridgehead atoms. The highest BCUT2D eigenvalue weighted by atomic mass is 16.5. The number of carbonyl (C=O) groups is 1. The van der Waals surface area contributed by atoms with Gasteiger partial charge < -0.3 is 15.0 Å². The van der Waals surface area contributed by atoms with Gasteiger partial charge in [-0.25, -0.2) is 4.79 Å². The van der Waals surface area contributed by atoms with Crippen LogP contribution in [0.15, 0.2) is 30.3 Å². The Morgan fingerprint density at radius 1 is 1.26 bits per heavy atom. The van der Waals surface area contributed by atoms with Crippen LogP contribution in [0.2, 0.25) is 0 Å². The van der Waals surface area contributed by atoms with Gasteiger partial charge >= 0.3 is 6.03 Å². The fourth-order valence-corrected chi connectivity index (χ4v) is 3.87. The van der Waals surface area contributed by atoms with Crippen LogP contribution < -0.4 is 5.32 Å². The summed E-state index contributed by atoms with van der Waals surface area (Å²) in [5, 5.41) is 3.25. The molecule has 1 unspecified atom stereocenters. The molecule has 126 valence electrons. The van der Waals surface area contributed by atoms with E-state index in [9.17, 15) is 4.79 Å². The predicted molar refractivity (Wildman–Crippen MR) is 91.5 cm³/mol. The van der Waals surface area contributed by atoms with Gasteiger partial charge in [0.1, 0.15) is 0 Å². The summed E-state index contributed by atoms with van der Waals surface area (Å²) in [5.74, 6) is 0. The molecule has 4 heteroatoms. The second-order valence-electron chi connectivity index (χ2n) is 7.47. The Labute approximate surface area is 139 Å². The average molecular weight is 316 g/mol. The second-order valence-corrected chi connectivity index (χ2v) is 7.47. The minimum absolute atomic E-state index is 0.0751. The molecule has 1 heterocycles. The van der Waals surface area contributed by atoms with Crippen LogP contribution in [-0.4, -0.2) is 41.8 Å². The molecule has 1 aromatic carbocycles. The van der Waals surface area contributed by atoms with Crippen LogP contribution >= 0.6 is 0 Å². The molecular weight excluding hydrogens is 288 g/mol. The van der Waals surface area contributed by atoms with Gasteiger partial charge in [-0.15, -0.1) is 0 Å². The molecule has 1 N–H and O–H groups in total. The highest BCUT2D eigenvalue weighted by Gasteiger charge is 2.41. The molecule has 1 saturated carbocycles. The van der Waals surface area contributed by atoms with E-state index in [1.54, 1.807) is 0 Å². The van der Waals surface area contributed by atoms with Crippen LogP contribution in [-0.2, 0) is 11.2 Å². The van der Waals surface area contributed by atoms with Crippen LogP contribution in [0, 0.1) is 0 Å². The summed E-state index contributed by atoms with van der Waals surface area (Å²) >= 11 is 0. The van der Waals surface area contributed by atoms with E-state index in [2.05, 4.69) is 31.3 Å². The zero-order valence-electron chi connectivity index (χ0n) is 14.3. The molecule has 0 aromatic heterocycles. The van der Waals surface area contributed by atoms with Crippen molar-refractivity contribution in [3.63, 3.8) is 0 Å². The van der Waals surface area contributed by atoms with Crippen molar-refractivity contribution in [1.29, 1.82) is 0 Å². The predicted octanol–water partition coefficient (Wildman–Crippen LogP) is 3.36. The first-order chi connectivity index (χ1) is 11.1. The van der Waals surface area contributed by atoms with Crippen molar-refractivity contribution in [2.45, 2.75) is 63.6 Å². The maximum atomic E-state index is 12.9. The summed E-state index contributed by atoms with van der Waals surface area (Å²) in [5.41, 5.74) is 0.970. The number of rotatable bonds is 3. The van der Waals surface area contributed by atoms with Gasteiger partial charge in [0.25, 0.3) is 0 Å². The smallest absolute Gasteiger partial charge is 0.318 e.